The molecule has 1 aliphatic carbocycles. The zero-order chi connectivity index (χ0) is 23.6. The van der Waals surface area contributed by atoms with Gasteiger partial charge in [0, 0.05) is 18.3 Å². The first kappa shape index (κ1) is 25.3. The van der Waals surface area contributed by atoms with Gasteiger partial charge in [-0.25, -0.2) is 4.39 Å². The normalized spacial score (nSPS) is 15.1. The molecule has 0 heterocycles. The van der Waals surface area contributed by atoms with Crippen LogP contribution >= 0.6 is 11.8 Å². The van der Waals surface area contributed by atoms with Crippen LogP contribution in [0.3, 0.4) is 0 Å². The Hall–Kier alpha value is -2.34. The van der Waals surface area contributed by atoms with Crippen molar-refractivity contribution in [3.8, 4) is 0 Å². The van der Waals surface area contributed by atoms with E-state index in [1.807, 2.05) is 19.1 Å². The Morgan fingerprint density at radius 2 is 1.79 bits per heavy atom. The number of rotatable bonds is 10. The van der Waals surface area contributed by atoms with Crippen molar-refractivity contribution in [2.45, 2.75) is 76.8 Å². The van der Waals surface area contributed by atoms with Crippen LogP contribution in [0.5, 0.6) is 0 Å². The fraction of sp³-hybridized carbons (Fsp3) is 0.481. The van der Waals surface area contributed by atoms with Gasteiger partial charge in [-0.3, -0.25) is 9.59 Å². The van der Waals surface area contributed by atoms with Gasteiger partial charge in [0.15, 0.2) is 0 Å². The number of nitrogens with zero attached hydrogens (tertiary/aromatic N) is 1. The molecule has 0 unspecified atom stereocenters. The molecule has 1 atom stereocenters. The number of nitrogens with one attached hydrogen (secondary N) is 1. The fourth-order valence-electron chi connectivity index (χ4n) is 4.35. The Morgan fingerprint density at radius 1 is 1.09 bits per heavy atom. The van der Waals surface area contributed by atoms with Crippen molar-refractivity contribution >= 4 is 23.6 Å². The molecule has 3 rings (SSSR count). The highest BCUT2D eigenvalue weighted by molar-refractivity contribution is 7.99. The van der Waals surface area contributed by atoms with Crippen molar-refractivity contribution in [3.63, 3.8) is 0 Å². The molecular formula is C27H35FN2O2S. The number of carbonyl (C=O) groups excluding carboxylic acids is 2. The summed E-state index contributed by atoms with van der Waals surface area (Å²) in [4.78, 5) is 28.2. The number of amides is 2. The number of thioether (sulfide) groups is 1. The first-order valence-electron chi connectivity index (χ1n) is 11.9. The molecule has 2 aromatic rings. The van der Waals surface area contributed by atoms with Crippen LogP contribution in [-0.2, 0) is 21.9 Å². The fourth-order valence-corrected chi connectivity index (χ4v) is 5.34. The summed E-state index contributed by atoms with van der Waals surface area (Å²) in [5.74, 6) is 0.580. The maximum absolute atomic E-state index is 13.4. The monoisotopic (exact) mass is 470 g/mol. The van der Waals surface area contributed by atoms with E-state index in [4.69, 9.17) is 0 Å². The van der Waals surface area contributed by atoms with E-state index in [1.54, 1.807) is 28.8 Å². The third kappa shape index (κ3) is 7.60. The van der Waals surface area contributed by atoms with Gasteiger partial charge in [-0.15, -0.1) is 11.8 Å². The van der Waals surface area contributed by atoms with E-state index in [0.717, 1.165) is 37.0 Å². The van der Waals surface area contributed by atoms with Crippen LogP contribution in [0.25, 0.3) is 0 Å². The SMILES string of the molecule is CC[C@H](C(=O)NC1CCCCC1)N(Cc1ccc(F)cc1)C(=O)CSCc1ccccc1C. The molecule has 4 nitrogen and oxygen atoms in total. The van der Waals surface area contributed by atoms with Crippen LogP contribution in [0, 0.1) is 12.7 Å². The first-order valence-corrected chi connectivity index (χ1v) is 13.1. The lowest BCUT2D eigenvalue weighted by Gasteiger charge is -2.32. The third-order valence-electron chi connectivity index (χ3n) is 6.35. The molecule has 0 bridgehead atoms. The Kier molecular flexibility index (Phi) is 9.79. The van der Waals surface area contributed by atoms with Crippen LogP contribution in [0.4, 0.5) is 4.39 Å². The lowest BCUT2D eigenvalue weighted by Crippen LogP contribution is -2.52. The first-order chi connectivity index (χ1) is 16.0. The number of aryl methyl sites for hydroxylation is 1. The van der Waals surface area contributed by atoms with Crippen LogP contribution in [0.15, 0.2) is 48.5 Å². The highest BCUT2D eigenvalue weighted by Gasteiger charge is 2.30. The molecule has 1 fully saturated rings. The average molecular weight is 471 g/mol. The van der Waals surface area contributed by atoms with Gasteiger partial charge in [-0.1, -0.05) is 62.6 Å². The highest BCUT2D eigenvalue weighted by Crippen LogP contribution is 2.21. The Labute approximate surface area is 201 Å². The third-order valence-corrected chi connectivity index (χ3v) is 7.31. The minimum Gasteiger partial charge on any atom is -0.352 e. The molecule has 0 radical (unpaired) electrons. The molecule has 1 N–H and O–H groups in total. The van der Waals surface area contributed by atoms with Crippen LogP contribution in [0.2, 0.25) is 0 Å². The van der Waals surface area contributed by atoms with Crippen LogP contribution in [-0.4, -0.2) is 34.6 Å². The molecule has 2 amide bonds. The largest absolute Gasteiger partial charge is 0.352 e. The molecule has 0 saturated heterocycles. The van der Waals surface area contributed by atoms with Crippen molar-refractivity contribution in [3.05, 3.63) is 71.0 Å². The maximum Gasteiger partial charge on any atom is 0.243 e. The summed E-state index contributed by atoms with van der Waals surface area (Å²) in [6.07, 6.45) is 6.02. The summed E-state index contributed by atoms with van der Waals surface area (Å²) in [7, 11) is 0. The van der Waals surface area contributed by atoms with Gasteiger partial charge in [-0.05, 0) is 55.0 Å². The topological polar surface area (TPSA) is 49.4 Å². The highest BCUT2D eigenvalue weighted by atomic mass is 32.2. The minimum atomic E-state index is -0.538. The van der Waals surface area contributed by atoms with Gasteiger partial charge >= 0.3 is 0 Å². The summed E-state index contributed by atoms with van der Waals surface area (Å²) in [6, 6.07) is 14.0. The second-order valence-corrected chi connectivity index (χ2v) is 9.82. The van der Waals surface area contributed by atoms with Crippen molar-refractivity contribution in [2.24, 2.45) is 0 Å². The summed E-state index contributed by atoms with van der Waals surface area (Å²) in [6.45, 7) is 4.30. The Balaban J connectivity index is 1.70. The molecule has 0 spiro atoms. The summed E-state index contributed by atoms with van der Waals surface area (Å²) in [5, 5.41) is 3.19. The Morgan fingerprint density at radius 3 is 2.45 bits per heavy atom. The molecule has 0 aliphatic heterocycles. The number of hydrogen-bond acceptors (Lipinski definition) is 3. The molecule has 33 heavy (non-hydrogen) atoms. The smallest absolute Gasteiger partial charge is 0.243 e. The average Bonchev–Trinajstić information content (AvgIpc) is 2.82. The predicted octanol–water partition coefficient (Wildman–Crippen LogP) is 5.62. The van der Waals surface area contributed by atoms with Gasteiger partial charge in [0.1, 0.15) is 11.9 Å². The van der Waals surface area contributed by atoms with E-state index in [-0.39, 0.29) is 23.7 Å². The van der Waals surface area contributed by atoms with Crippen molar-refractivity contribution in [1.82, 2.24) is 10.2 Å². The second-order valence-electron chi connectivity index (χ2n) is 8.83. The van der Waals surface area contributed by atoms with Crippen LogP contribution in [0.1, 0.15) is 62.1 Å². The van der Waals surface area contributed by atoms with Gasteiger partial charge < -0.3 is 10.2 Å². The Bertz CT molecular complexity index is 913. The van der Waals surface area contributed by atoms with E-state index in [9.17, 15) is 14.0 Å². The van der Waals surface area contributed by atoms with E-state index in [1.165, 1.54) is 29.7 Å². The van der Waals surface area contributed by atoms with Crippen molar-refractivity contribution in [2.75, 3.05) is 5.75 Å². The summed E-state index contributed by atoms with van der Waals surface area (Å²) >= 11 is 1.56. The molecule has 6 heteroatoms. The van der Waals surface area contributed by atoms with Crippen molar-refractivity contribution < 1.29 is 14.0 Å². The standard InChI is InChI=1S/C27H35FN2O2S/c1-3-25(27(32)29-24-11-5-4-6-12-24)30(17-21-13-15-23(28)16-14-21)26(31)19-33-18-22-10-8-7-9-20(22)2/h7-10,13-16,24-25H,3-6,11-12,17-19H2,1-2H3,(H,29,32)/t25-/m1/s1. The number of benzene rings is 2. The van der Waals surface area contributed by atoms with Crippen LogP contribution < -0.4 is 5.32 Å². The van der Waals surface area contributed by atoms with E-state index in [0.29, 0.717) is 18.7 Å². The lowest BCUT2D eigenvalue weighted by atomic mass is 9.95. The van der Waals surface area contributed by atoms with E-state index >= 15 is 0 Å². The maximum atomic E-state index is 13.4. The van der Waals surface area contributed by atoms with Gasteiger partial charge in [-0.2, -0.15) is 0 Å². The van der Waals surface area contributed by atoms with Gasteiger partial charge in [0.2, 0.25) is 11.8 Å². The summed E-state index contributed by atoms with van der Waals surface area (Å²) < 4.78 is 13.4. The molecule has 0 aromatic heterocycles. The second kappa shape index (κ2) is 12.8. The van der Waals surface area contributed by atoms with Gasteiger partial charge in [0.25, 0.3) is 0 Å². The van der Waals surface area contributed by atoms with Crippen molar-refractivity contribution in [1.29, 1.82) is 0 Å². The predicted molar refractivity (Wildman–Crippen MR) is 133 cm³/mol. The molecule has 1 aliphatic rings. The zero-order valence-corrected chi connectivity index (χ0v) is 20.5. The molecule has 178 valence electrons. The minimum absolute atomic E-state index is 0.0662. The number of hydrogen-bond donors (Lipinski definition) is 1. The summed E-state index contributed by atoms with van der Waals surface area (Å²) in [5.41, 5.74) is 3.24. The molecule has 2 aromatic carbocycles. The number of halogens is 1. The van der Waals surface area contributed by atoms with E-state index in [2.05, 4.69) is 24.4 Å². The van der Waals surface area contributed by atoms with Gasteiger partial charge in [0.05, 0.1) is 5.75 Å². The molecule has 1 saturated carbocycles. The quantitative estimate of drug-likeness (QED) is 0.490. The number of carbonyl (C=O) groups is 2. The molecular weight excluding hydrogens is 435 g/mol. The lowest BCUT2D eigenvalue weighted by molar-refractivity contribution is -0.139. The van der Waals surface area contributed by atoms with E-state index < -0.39 is 6.04 Å². The zero-order valence-electron chi connectivity index (χ0n) is 19.7.